The highest BCUT2D eigenvalue weighted by Gasteiger charge is 2.36. The Kier molecular flexibility index (Phi) is 3.18. The first-order valence-electron chi connectivity index (χ1n) is 6.59. The topological polar surface area (TPSA) is 17.1 Å². The monoisotopic (exact) mass is 208 g/mol. The van der Waals surface area contributed by atoms with Crippen molar-refractivity contribution < 1.29 is 4.79 Å². The maximum atomic E-state index is 11.4. The van der Waals surface area contributed by atoms with Gasteiger partial charge in [-0.1, -0.05) is 33.1 Å². The number of rotatable bonds is 2. The van der Waals surface area contributed by atoms with E-state index in [0.717, 1.165) is 31.1 Å². The van der Waals surface area contributed by atoms with E-state index >= 15 is 0 Å². The van der Waals surface area contributed by atoms with E-state index in [1.165, 1.54) is 32.1 Å². The van der Waals surface area contributed by atoms with Crippen LogP contribution in [0.25, 0.3) is 0 Å². The molecule has 1 nitrogen and oxygen atoms in total. The van der Waals surface area contributed by atoms with Gasteiger partial charge in [0.15, 0.2) is 0 Å². The summed E-state index contributed by atoms with van der Waals surface area (Å²) in [5, 5.41) is 0. The van der Waals surface area contributed by atoms with E-state index in [1.807, 2.05) is 0 Å². The first kappa shape index (κ1) is 11.2. The second-order valence-electron chi connectivity index (χ2n) is 6.37. The molecule has 2 aliphatic carbocycles. The Hall–Kier alpha value is -0.330. The molecule has 2 fully saturated rings. The zero-order chi connectivity index (χ0) is 10.9. The number of carbonyl (C=O) groups excluding carboxylic acids is 1. The zero-order valence-electron chi connectivity index (χ0n) is 10.2. The van der Waals surface area contributed by atoms with Crippen LogP contribution in [0.1, 0.15) is 65.2 Å². The number of hydrogen-bond acceptors (Lipinski definition) is 1. The maximum Gasteiger partial charge on any atom is 0.133 e. The van der Waals surface area contributed by atoms with E-state index < -0.39 is 0 Å². The fourth-order valence-electron chi connectivity index (χ4n) is 3.71. The molecule has 0 amide bonds. The Balaban J connectivity index is 1.87. The van der Waals surface area contributed by atoms with Crippen LogP contribution in [-0.4, -0.2) is 5.78 Å². The lowest BCUT2D eigenvalue weighted by Gasteiger charge is -2.33. The minimum Gasteiger partial charge on any atom is -0.300 e. The largest absolute Gasteiger partial charge is 0.300 e. The zero-order valence-corrected chi connectivity index (χ0v) is 10.2. The summed E-state index contributed by atoms with van der Waals surface area (Å²) in [7, 11) is 0. The third-order valence-corrected chi connectivity index (χ3v) is 4.46. The van der Waals surface area contributed by atoms with Crippen molar-refractivity contribution in [2.24, 2.45) is 17.3 Å². The van der Waals surface area contributed by atoms with Gasteiger partial charge < -0.3 is 0 Å². The van der Waals surface area contributed by atoms with Crippen molar-refractivity contribution in [1.82, 2.24) is 0 Å². The fourth-order valence-corrected chi connectivity index (χ4v) is 3.71. The molecule has 0 N–H and O–H groups in total. The number of ketones is 1. The average molecular weight is 208 g/mol. The molecule has 0 aromatic carbocycles. The van der Waals surface area contributed by atoms with Gasteiger partial charge in [-0.3, -0.25) is 4.79 Å². The van der Waals surface area contributed by atoms with E-state index in [0.29, 0.717) is 11.2 Å². The molecule has 2 rings (SSSR count). The second kappa shape index (κ2) is 4.27. The SMILES string of the molecule is CC1CCCC(CC2(C)CCC(=O)C2)C1. The molecule has 3 atom stereocenters. The van der Waals surface area contributed by atoms with Crippen LogP contribution in [0, 0.1) is 17.3 Å². The molecule has 2 saturated carbocycles. The van der Waals surface area contributed by atoms with Crippen molar-refractivity contribution in [3.05, 3.63) is 0 Å². The Bertz CT molecular complexity index is 246. The predicted octanol–water partition coefficient (Wildman–Crippen LogP) is 3.96. The minimum atomic E-state index is 0.360. The Morgan fingerprint density at radius 1 is 1.40 bits per heavy atom. The summed E-state index contributed by atoms with van der Waals surface area (Å²) in [6, 6.07) is 0. The van der Waals surface area contributed by atoms with Gasteiger partial charge in [0.2, 0.25) is 0 Å². The number of carbonyl (C=O) groups is 1. The van der Waals surface area contributed by atoms with Crippen LogP contribution < -0.4 is 0 Å². The van der Waals surface area contributed by atoms with Gasteiger partial charge >= 0.3 is 0 Å². The summed E-state index contributed by atoms with van der Waals surface area (Å²) >= 11 is 0. The van der Waals surface area contributed by atoms with Gasteiger partial charge in [0.1, 0.15) is 5.78 Å². The van der Waals surface area contributed by atoms with E-state index in [2.05, 4.69) is 13.8 Å². The van der Waals surface area contributed by atoms with Gasteiger partial charge in [-0.05, 0) is 36.5 Å². The third-order valence-electron chi connectivity index (χ3n) is 4.46. The number of Topliss-reactive ketones (excluding diaryl/α,β-unsaturated/α-hetero) is 1. The molecular formula is C14H24O. The first-order chi connectivity index (χ1) is 7.07. The lowest BCUT2D eigenvalue weighted by atomic mass is 9.72. The van der Waals surface area contributed by atoms with E-state index in [4.69, 9.17) is 0 Å². The van der Waals surface area contributed by atoms with Crippen LogP contribution in [0.3, 0.4) is 0 Å². The van der Waals surface area contributed by atoms with Crippen molar-refractivity contribution >= 4 is 5.78 Å². The third kappa shape index (κ3) is 2.83. The Morgan fingerprint density at radius 3 is 2.80 bits per heavy atom. The lowest BCUT2D eigenvalue weighted by Crippen LogP contribution is -2.22. The van der Waals surface area contributed by atoms with Gasteiger partial charge in [-0.2, -0.15) is 0 Å². The highest BCUT2D eigenvalue weighted by atomic mass is 16.1. The van der Waals surface area contributed by atoms with Gasteiger partial charge in [-0.15, -0.1) is 0 Å². The minimum absolute atomic E-state index is 0.360. The van der Waals surface area contributed by atoms with Crippen molar-refractivity contribution in [3.8, 4) is 0 Å². The molecule has 0 radical (unpaired) electrons. The molecule has 0 spiro atoms. The van der Waals surface area contributed by atoms with Crippen LogP contribution in [-0.2, 0) is 4.79 Å². The second-order valence-corrected chi connectivity index (χ2v) is 6.37. The summed E-state index contributed by atoms with van der Waals surface area (Å²) in [6.45, 7) is 4.71. The average Bonchev–Trinajstić information content (AvgIpc) is 2.45. The van der Waals surface area contributed by atoms with Gasteiger partial charge in [-0.25, -0.2) is 0 Å². The molecule has 0 saturated heterocycles. The summed E-state index contributed by atoms with van der Waals surface area (Å²) < 4.78 is 0. The summed E-state index contributed by atoms with van der Waals surface area (Å²) in [5.41, 5.74) is 0.360. The fraction of sp³-hybridized carbons (Fsp3) is 0.929. The molecule has 1 heteroatoms. The quantitative estimate of drug-likeness (QED) is 0.671. The maximum absolute atomic E-state index is 11.4. The van der Waals surface area contributed by atoms with Crippen LogP contribution in [0.5, 0.6) is 0 Å². The molecule has 0 heterocycles. The normalized spacial score (nSPS) is 42.1. The molecular weight excluding hydrogens is 184 g/mol. The smallest absolute Gasteiger partial charge is 0.133 e. The van der Waals surface area contributed by atoms with Gasteiger partial charge in [0.05, 0.1) is 0 Å². The summed E-state index contributed by atoms with van der Waals surface area (Å²) in [5.74, 6) is 2.33. The molecule has 2 aliphatic rings. The molecule has 15 heavy (non-hydrogen) atoms. The lowest BCUT2D eigenvalue weighted by molar-refractivity contribution is -0.118. The van der Waals surface area contributed by atoms with Crippen molar-refractivity contribution in [1.29, 1.82) is 0 Å². The Morgan fingerprint density at radius 2 is 2.20 bits per heavy atom. The molecule has 0 aromatic rings. The molecule has 3 unspecified atom stereocenters. The van der Waals surface area contributed by atoms with E-state index in [-0.39, 0.29) is 0 Å². The Labute approximate surface area is 93.6 Å². The molecule has 86 valence electrons. The summed E-state index contributed by atoms with van der Waals surface area (Å²) in [6.07, 6.45) is 9.82. The van der Waals surface area contributed by atoms with Crippen LogP contribution in [0.15, 0.2) is 0 Å². The highest BCUT2D eigenvalue weighted by Crippen LogP contribution is 2.44. The molecule has 0 aromatic heterocycles. The van der Waals surface area contributed by atoms with Crippen LogP contribution >= 0.6 is 0 Å². The van der Waals surface area contributed by atoms with Crippen molar-refractivity contribution in [2.75, 3.05) is 0 Å². The number of hydrogen-bond donors (Lipinski definition) is 0. The molecule has 0 aliphatic heterocycles. The highest BCUT2D eigenvalue weighted by molar-refractivity contribution is 5.81. The van der Waals surface area contributed by atoms with Crippen molar-refractivity contribution in [3.63, 3.8) is 0 Å². The van der Waals surface area contributed by atoms with Gasteiger partial charge in [0, 0.05) is 12.8 Å². The van der Waals surface area contributed by atoms with Crippen LogP contribution in [0.2, 0.25) is 0 Å². The summed E-state index contributed by atoms with van der Waals surface area (Å²) in [4.78, 5) is 11.4. The van der Waals surface area contributed by atoms with E-state index in [1.54, 1.807) is 0 Å². The van der Waals surface area contributed by atoms with Gasteiger partial charge in [0.25, 0.3) is 0 Å². The first-order valence-corrected chi connectivity index (χ1v) is 6.59. The predicted molar refractivity (Wildman–Crippen MR) is 62.7 cm³/mol. The standard InChI is InChI=1S/C14H24O/c1-11-4-3-5-12(8-11)9-14(2)7-6-13(15)10-14/h11-12H,3-10H2,1-2H3. The van der Waals surface area contributed by atoms with Crippen molar-refractivity contribution in [2.45, 2.75) is 65.2 Å². The van der Waals surface area contributed by atoms with E-state index in [9.17, 15) is 4.79 Å². The van der Waals surface area contributed by atoms with Crippen LogP contribution in [0.4, 0.5) is 0 Å². The molecule has 0 bridgehead atoms.